The van der Waals surface area contributed by atoms with Gasteiger partial charge >= 0.3 is 0 Å². The van der Waals surface area contributed by atoms with Gasteiger partial charge in [0.15, 0.2) is 0 Å². The molecule has 0 atom stereocenters. The van der Waals surface area contributed by atoms with Gasteiger partial charge in [-0.3, -0.25) is 9.69 Å². The van der Waals surface area contributed by atoms with Crippen LogP contribution in [-0.2, 0) is 11.3 Å². The highest BCUT2D eigenvalue weighted by Crippen LogP contribution is 2.36. The maximum absolute atomic E-state index is 12.9. The van der Waals surface area contributed by atoms with Crippen molar-refractivity contribution in [3.05, 3.63) is 24.5 Å². The van der Waals surface area contributed by atoms with E-state index in [1.165, 1.54) is 32.1 Å². The zero-order valence-corrected chi connectivity index (χ0v) is 13.6. The molecule has 1 saturated carbocycles. The fourth-order valence-electron chi connectivity index (χ4n) is 4.12. The Hall–Kier alpha value is -1.29. The van der Waals surface area contributed by atoms with E-state index in [0.29, 0.717) is 5.91 Å². The summed E-state index contributed by atoms with van der Waals surface area (Å²) in [6.07, 6.45) is 13.5. The summed E-state index contributed by atoms with van der Waals surface area (Å²) in [6, 6.07) is 4.09. The Bertz CT molecular complexity index is 457. The quantitative estimate of drug-likeness (QED) is 0.821. The summed E-state index contributed by atoms with van der Waals surface area (Å²) in [5.74, 6) is 0.293. The predicted molar refractivity (Wildman–Crippen MR) is 88.7 cm³/mol. The molecule has 2 heterocycles. The van der Waals surface area contributed by atoms with E-state index in [1.54, 1.807) is 0 Å². The first-order valence-electron chi connectivity index (χ1n) is 8.95. The average Bonchev–Trinajstić information content (AvgIpc) is 3.25. The van der Waals surface area contributed by atoms with E-state index in [9.17, 15) is 4.79 Å². The molecule has 1 N–H and O–H groups in total. The summed E-state index contributed by atoms with van der Waals surface area (Å²) >= 11 is 0. The SMILES string of the molecule is O=C(NCCCn1cccc1)C1(N2CCCC2)CCCCC1. The van der Waals surface area contributed by atoms with Gasteiger partial charge in [0, 0.05) is 25.5 Å². The van der Waals surface area contributed by atoms with Crippen molar-refractivity contribution in [3.63, 3.8) is 0 Å². The molecule has 1 aliphatic carbocycles. The number of hydrogen-bond donors (Lipinski definition) is 1. The topological polar surface area (TPSA) is 37.3 Å². The Labute approximate surface area is 133 Å². The number of aromatic nitrogens is 1. The molecule has 2 fully saturated rings. The Morgan fingerprint density at radius 2 is 1.68 bits per heavy atom. The maximum Gasteiger partial charge on any atom is 0.240 e. The van der Waals surface area contributed by atoms with Gasteiger partial charge in [0.2, 0.25) is 5.91 Å². The van der Waals surface area contributed by atoms with Gasteiger partial charge in [-0.15, -0.1) is 0 Å². The largest absolute Gasteiger partial charge is 0.354 e. The van der Waals surface area contributed by atoms with Crippen LogP contribution >= 0.6 is 0 Å². The van der Waals surface area contributed by atoms with Gasteiger partial charge in [0.25, 0.3) is 0 Å². The molecule has 1 amide bonds. The first-order valence-corrected chi connectivity index (χ1v) is 8.95. The number of amides is 1. The Kier molecular flexibility index (Phi) is 5.19. The van der Waals surface area contributed by atoms with Crippen molar-refractivity contribution in [1.29, 1.82) is 0 Å². The van der Waals surface area contributed by atoms with Crippen LogP contribution in [0.25, 0.3) is 0 Å². The minimum atomic E-state index is -0.192. The van der Waals surface area contributed by atoms with Crippen molar-refractivity contribution in [2.45, 2.75) is 63.5 Å². The Morgan fingerprint density at radius 1 is 1.00 bits per heavy atom. The van der Waals surface area contributed by atoms with Gasteiger partial charge in [-0.25, -0.2) is 0 Å². The lowest BCUT2D eigenvalue weighted by Gasteiger charge is -2.43. The molecule has 1 aliphatic heterocycles. The van der Waals surface area contributed by atoms with Crippen molar-refractivity contribution in [2.75, 3.05) is 19.6 Å². The second-order valence-electron chi connectivity index (χ2n) is 6.82. The molecule has 4 heteroatoms. The Balaban J connectivity index is 1.52. The lowest BCUT2D eigenvalue weighted by molar-refractivity contribution is -0.135. The molecule has 22 heavy (non-hydrogen) atoms. The normalized spacial score (nSPS) is 21.8. The predicted octanol–water partition coefficient (Wildman–Crippen LogP) is 2.79. The van der Waals surface area contributed by atoms with E-state index in [0.717, 1.165) is 45.4 Å². The monoisotopic (exact) mass is 303 g/mol. The van der Waals surface area contributed by atoms with Crippen LogP contribution in [0, 0.1) is 0 Å². The highest BCUT2D eigenvalue weighted by Gasteiger charge is 2.45. The summed E-state index contributed by atoms with van der Waals surface area (Å²) < 4.78 is 2.17. The third-order valence-electron chi connectivity index (χ3n) is 5.36. The maximum atomic E-state index is 12.9. The van der Waals surface area contributed by atoms with Crippen LogP contribution in [0.3, 0.4) is 0 Å². The molecular weight excluding hydrogens is 274 g/mol. The number of nitrogens with zero attached hydrogens (tertiary/aromatic N) is 2. The highest BCUT2D eigenvalue weighted by molar-refractivity contribution is 5.86. The summed E-state index contributed by atoms with van der Waals surface area (Å²) in [5, 5.41) is 3.24. The summed E-state index contributed by atoms with van der Waals surface area (Å²) in [4.78, 5) is 15.4. The number of aryl methyl sites for hydroxylation is 1. The molecular formula is C18H29N3O. The van der Waals surface area contributed by atoms with Crippen LogP contribution < -0.4 is 5.32 Å². The molecule has 3 rings (SSSR count). The lowest BCUT2D eigenvalue weighted by atomic mass is 9.79. The Morgan fingerprint density at radius 3 is 2.36 bits per heavy atom. The van der Waals surface area contributed by atoms with E-state index in [4.69, 9.17) is 0 Å². The molecule has 0 bridgehead atoms. The first kappa shape index (κ1) is 15.6. The molecule has 2 aliphatic rings. The number of likely N-dealkylation sites (tertiary alicyclic amines) is 1. The van der Waals surface area contributed by atoms with Gasteiger partial charge in [0.05, 0.1) is 0 Å². The van der Waals surface area contributed by atoms with Crippen molar-refractivity contribution >= 4 is 5.91 Å². The first-order chi connectivity index (χ1) is 10.8. The number of hydrogen-bond acceptors (Lipinski definition) is 2. The average molecular weight is 303 g/mol. The van der Waals surface area contributed by atoms with Gasteiger partial charge < -0.3 is 9.88 Å². The molecule has 0 spiro atoms. The van der Waals surface area contributed by atoms with Crippen LogP contribution in [-0.4, -0.2) is 40.5 Å². The zero-order valence-electron chi connectivity index (χ0n) is 13.6. The zero-order chi connectivity index (χ0) is 15.3. The molecule has 0 unspecified atom stereocenters. The number of carbonyl (C=O) groups is 1. The van der Waals surface area contributed by atoms with Gasteiger partial charge in [-0.2, -0.15) is 0 Å². The smallest absolute Gasteiger partial charge is 0.240 e. The summed E-state index contributed by atoms with van der Waals surface area (Å²) in [7, 11) is 0. The van der Waals surface area contributed by atoms with Gasteiger partial charge in [-0.05, 0) is 57.3 Å². The summed E-state index contributed by atoms with van der Waals surface area (Å²) in [5.41, 5.74) is -0.192. The van der Waals surface area contributed by atoms with Crippen LogP contribution in [0.1, 0.15) is 51.4 Å². The third kappa shape index (κ3) is 3.37. The fourth-order valence-corrected chi connectivity index (χ4v) is 4.12. The molecule has 0 aromatic carbocycles. The second kappa shape index (κ2) is 7.32. The minimum Gasteiger partial charge on any atom is -0.354 e. The van der Waals surface area contributed by atoms with Crippen molar-refractivity contribution in [3.8, 4) is 0 Å². The molecule has 0 radical (unpaired) electrons. The highest BCUT2D eigenvalue weighted by atomic mass is 16.2. The second-order valence-corrected chi connectivity index (χ2v) is 6.82. The van der Waals surface area contributed by atoms with E-state index in [1.807, 2.05) is 12.1 Å². The van der Waals surface area contributed by atoms with Crippen LogP contribution in [0.4, 0.5) is 0 Å². The molecule has 1 aromatic rings. The van der Waals surface area contributed by atoms with Crippen molar-refractivity contribution in [2.24, 2.45) is 0 Å². The van der Waals surface area contributed by atoms with Crippen LogP contribution in [0.5, 0.6) is 0 Å². The molecule has 1 aromatic heterocycles. The fraction of sp³-hybridized carbons (Fsp3) is 0.722. The minimum absolute atomic E-state index is 0.192. The van der Waals surface area contributed by atoms with Gasteiger partial charge in [-0.1, -0.05) is 19.3 Å². The van der Waals surface area contributed by atoms with Gasteiger partial charge in [0.1, 0.15) is 5.54 Å². The van der Waals surface area contributed by atoms with E-state index in [-0.39, 0.29) is 5.54 Å². The number of nitrogens with one attached hydrogen (secondary N) is 1. The molecule has 1 saturated heterocycles. The lowest BCUT2D eigenvalue weighted by Crippen LogP contribution is -2.59. The van der Waals surface area contributed by atoms with Crippen molar-refractivity contribution in [1.82, 2.24) is 14.8 Å². The van der Waals surface area contributed by atoms with Crippen molar-refractivity contribution < 1.29 is 4.79 Å². The standard InChI is InChI=1S/C18H29N3O/c22-17(19-11-8-14-20-12-4-5-13-20)18(9-2-1-3-10-18)21-15-6-7-16-21/h4-5,12-13H,1-3,6-11,14-16H2,(H,19,22). The molecule has 122 valence electrons. The summed E-state index contributed by atoms with van der Waals surface area (Å²) in [6.45, 7) is 3.98. The van der Waals surface area contributed by atoms with E-state index in [2.05, 4.69) is 27.2 Å². The molecule has 4 nitrogen and oxygen atoms in total. The van der Waals surface area contributed by atoms with E-state index < -0.39 is 0 Å². The van der Waals surface area contributed by atoms with Crippen LogP contribution in [0.2, 0.25) is 0 Å². The third-order valence-corrected chi connectivity index (χ3v) is 5.36. The van der Waals surface area contributed by atoms with E-state index >= 15 is 0 Å². The van der Waals surface area contributed by atoms with Crippen LogP contribution in [0.15, 0.2) is 24.5 Å². The number of carbonyl (C=O) groups excluding carboxylic acids is 1. The number of rotatable bonds is 6.